The second-order valence-electron chi connectivity index (χ2n) is 4.25. The lowest BCUT2D eigenvalue weighted by Crippen LogP contribution is -2.30. The molecule has 0 heterocycles. The van der Waals surface area contributed by atoms with Crippen LogP contribution in [0.15, 0.2) is 0 Å². The van der Waals surface area contributed by atoms with Crippen molar-refractivity contribution in [3.8, 4) is 11.5 Å². The third kappa shape index (κ3) is 2.89. The first-order chi connectivity index (χ1) is 8.93. The number of hydrogen-bond donors (Lipinski definition) is 1. The van der Waals surface area contributed by atoms with Crippen molar-refractivity contribution in [2.24, 2.45) is 0 Å². The van der Waals surface area contributed by atoms with Gasteiger partial charge in [-0.2, -0.15) is 0 Å². The Hall–Kier alpha value is -0.350. The maximum atomic E-state index is 11.7. The Morgan fingerprint density at radius 2 is 1.58 bits per heavy atom. The van der Waals surface area contributed by atoms with Crippen LogP contribution in [-0.2, 0) is 4.79 Å². The molecule has 0 amide bonds. The number of phenolic OH excluding ortho intramolecular Hbond substituents is 1. The van der Waals surface area contributed by atoms with Crippen LogP contribution in [0.5, 0.6) is 11.5 Å². The van der Waals surface area contributed by atoms with Gasteiger partial charge in [-0.15, -0.1) is 0 Å². The highest BCUT2D eigenvalue weighted by Gasteiger charge is 2.28. The number of phenols is 1. The maximum Gasteiger partial charge on any atom is 0.173 e. The molecule has 3 nitrogen and oxygen atoms in total. The van der Waals surface area contributed by atoms with E-state index in [1.54, 1.807) is 0 Å². The van der Waals surface area contributed by atoms with Gasteiger partial charge in [-0.3, -0.25) is 4.79 Å². The standard InChI is InChI=1S/C12H10Cl4O3/c13-7-9(15)12(10(16)8(14)11(7)18)19-6-4-2-1-3-5(6)17/h6,18H,1-4H2. The molecule has 1 aliphatic carbocycles. The van der Waals surface area contributed by atoms with E-state index in [0.717, 1.165) is 12.8 Å². The Morgan fingerprint density at radius 3 is 2.11 bits per heavy atom. The van der Waals surface area contributed by atoms with Crippen LogP contribution in [0.1, 0.15) is 25.7 Å². The molecular formula is C12H10Cl4O3. The summed E-state index contributed by atoms with van der Waals surface area (Å²) in [6.07, 6.45) is 2.23. The fraction of sp³-hybridized carbons (Fsp3) is 0.417. The topological polar surface area (TPSA) is 46.5 Å². The van der Waals surface area contributed by atoms with Gasteiger partial charge in [-0.25, -0.2) is 0 Å². The van der Waals surface area contributed by atoms with Crippen LogP contribution in [0.2, 0.25) is 20.1 Å². The van der Waals surface area contributed by atoms with Crippen molar-refractivity contribution in [1.82, 2.24) is 0 Å². The quantitative estimate of drug-likeness (QED) is 0.777. The number of aromatic hydroxyl groups is 1. The molecule has 0 radical (unpaired) electrons. The molecule has 0 aliphatic heterocycles. The molecule has 0 bridgehead atoms. The fourth-order valence-electron chi connectivity index (χ4n) is 1.92. The zero-order valence-electron chi connectivity index (χ0n) is 9.68. The molecular weight excluding hydrogens is 334 g/mol. The van der Waals surface area contributed by atoms with Gasteiger partial charge in [0.15, 0.2) is 23.4 Å². The van der Waals surface area contributed by atoms with Crippen molar-refractivity contribution in [2.75, 3.05) is 0 Å². The minimum absolute atomic E-state index is 0.00120. The van der Waals surface area contributed by atoms with Crippen LogP contribution in [0.4, 0.5) is 0 Å². The normalized spacial score (nSPS) is 19.6. The Kier molecular flexibility index (Phi) is 4.72. The summed E-state index contributed by atoms with van der Waals surface area (Å²) in [6, 6.07) is 0. The lowest BCUT2D eigenvalue weighted by atomic mass is 9.96. The molecule has 1 aromatic rings. The molecule has 0 saturated heterocycles. The SMILES string of the molecule is O=C1CCCCC1Oc1c(Cl)c(Cl)c(O)c(Cl)c1Cl. The van der Waals surface area contributed by atoms with E-state index >= 15 is 0 Å². The van der Waals surface area contributed by atoms with Crippen LogP contribution in [0.25, 0.3) is 0 Å². The Bertz CT molecular complexity index is 501. The average molecular weight is 344 g/mol. The van der Waals surface area contributed by atoms with Gasteiger partial charge in [0.2, 0.25) is 0 Å². The Morgan fingerprint density at radius 1 is 1.00 bits per heavy atom. The van der Waals surface area contributed by atoms with Crippen LogP contribution >= 0.6 is 46.4 Å². The van der Waals surface area contributed by atoms with Crippen molar-refractivity contribution in [2.45, 2.75) is 31.8 Å². The number of benzene rings is 1. The number of rotatable bonds is 2. The highest BCUT2D eigenvalue weighted by molar-refractivity contribution is 6.50. The van der Waals surface area contributed by atoms with E-state index in [1.165, 1.54) is 0 Å². The number of ketones is 1. The number of hydrogen-bond acceptors (Lipinski definition) is 3. The van der Waals surface area contributed by atoms with Gasteiger partial charge < -0.3 is 9.84 Å². The number of ether oxygens (including phenoxy) is 1. The van der Waals surface area contributed by atoms with Crippen LogP contribution < -0.4 is 4.74 Å². The molecule has 1 N–H and O–H groups in total. The van der Waals surface area contributed by atoms with Gasteiger partial charge >= 0.3 is 0 Å². The smallest absolute Gasteiger partial charge is 0.173 e. The third-order valence-electron chi connectivity index (χ3n) is 2.96. The molecule has 1 saturated carbocycles. The monoisotopic (exact) mass is 342 g/mol. The van der Waals surface area contributed by atoms with E-state index in [9.17, 15) is 9.90 Å². The molecule has 0 aromatic heterocycles. The van der Waals surface area contributed by atoms with Gasteiger partial charge in [0.25, 0.3) is 0 Å². The fourth-order valence-corrected chi connectivity index (χ4v) is 2.84. The van der Waals surface area contributed by atoms with Gasteiger partial charge in [0, 0.05) is 6.42 Å². The summed E-state index contributed by atoms with van der Waals surface area (Å²) in [7, 11) is 0. The molecule has 19 heavy (non-hydrogen) atoms. The van der Waals surface area contributed by atoms with Crippen molar-refractivity contribution >= 4 is 52.2 Å². The zero-order valence-corrected chi connectivity index (χ0v) is 12.7. The molecule has 1 aliphatic rings. The number of carbonyl (C=O) groups is 1. The first-order valence-electron chi connectivity index (χ1n) is 5.67. The van der Waals surface area contributed by atoms with E-state index in [2.05, 4.69) is 0 Å². The zero-order chi connectivity index (χ0) is 14.2. The van der Waals surface area contributed by atoms with Crippen LogP contribution in [0, 0.1) is 0 Å². The summed E-state index contributed by atoms with van der Waals surface area (Å²) in [5.74, 6) is -0.365. The Labute approximate surface area is 130 Å². The molecule has 1 aromatic carbocycles. The average Bonchev–Trinajstić information content (AvgIpc) is 2.41. The van der Waals surface area contributed by atoms with Gasteiger partial charge in [0.1, 0.15) is 20.1 Å². The molecule has 0 spiro atoms. The van der Waals surface area contributed by atoms with Crippen molar-refractivity contribution in [3.63, 3.8) is 0 Å². The molecule has 1 fully saturated rings. The third-order valence-corrected chi connectivity index (χ3v) is 4.61. The highest BCUT2D eigenvalue weighted by atomic mass is 35.5. The summed E-state index contributed by atoms with van der Waals surface area (Å²) in [4.78, 5) is 11.7. The number of carbonyl (C=O) groups excluding carboxylic acids is 1. The van der Waals surface area contributed by atoms with Crippen LogP contribution in [-0.4, -0.2) is 17.0 Å². The maximum absolute atomic E-state index is 11.7. The summed E-state index contributed by atoms with van der Waals surface area (Å²) < 4.78 is 5.55. The summed E-state index contributed by atoms with van der Waals surface area (Å²) in [5.41, 5.74) is 0. The highest BCUT2D eigenvalue weighted by Crippen LogP contribution is 2.49. The van der Waals surface area contributed by atoms with Gasteiger partial charge in [-0.05, 0) is 19.3 Å². The predicted octanol–water partition coefficient (Wildman–Crippen LogP) is 4.90. The van der Waals surface area contributed by atoms with Crippen molar-refractivity contribution in [3.05, 3.63) is 20.1 Å². The second kappa shape index (κ2) is 5.96. The second-order valence-corrected chi connectivity index (χ2v) is 5.76. The number of Topliss-reactive ketones (excluding diaryl/α,β-unsaturated/α-hetero) is 1. The molecule has 7 heteroatoms. The summed E-state index contributed by atoms with van der Waals surface area (Å²) in [5, 5.41) is 9.21. The molecule has 1 atom stereocenters. The van der Waals surface area contributed by atoms with Crippen molar-refractivity contribution < 1.29 is 14.6 Å². The van der Waals surface area contributed by atoms with E-state index in [-0.39, 0.29) is 31.6 Å². The number of halogens is 4. The first-order valence-corrected chi connectivity index (χ1v) is 7.19. The van der Waals surface area contributed by atoms with Crippen LogP contribution in [0.3, 0.4) is 0 Å². The summed E-state index contributed by atoms with van der Waals surface area (Å²) >= 11 is 23.6. The minimum atomic E-state index is -0.597. The van der Waals surface area contributed by atoms with Crippen molar-refractivity contribution in [1.29, 1.82) is 0 Å². The lowest BCUT2D eigenvalue weighted by Gasteiger charge is -2.23. The van der Waals surface area contributed by atoms with E-state index in [1.807, 2.05) is 0 Å². The molecule has 104 valence electrons. The Balaban J connectivity index is 2.37. The van der Waals surface area contributed by atoms with E-state index < -0.39 is 11.9 Å². The molecule has 2 rings (SSSR count). The predicted molar refractivity (Wildman–Crippen MR) is 76.0 cm³/mol. The minimum Gasteiger partial charge on any atom is -0.505 e. The summed E-state index contributed by atoms with van der Waals surface area (Å²) in [6.45, 7) is 0. The van der Waals surface area contributed by atoms with E-state index in [4.69, 9.17) is 51.1 Å². The largest absolute Gasteiger partial charge is 0.505 e. The first kappa shape index (κ1) is 15.0. The van der Waals surface area contributed by atoms with Gasteiger partial charge in [-0.1, -0.05) is 46.4 Å². The lowest BCUT2D eigenvalue weighted by molar-refractivity contribution is -0.127. The van der Waals surface area contributed by atoms with E-state index in [0.29, 0.717) is 12.8 Å². The van der Waals surface area contributed by atoms with Gasteiger partial charge in [0.05, 0.1) is 0 Å². The molecule has 1 unspecified atom stereocenters.